The number of ketones is 2. The summed E-state index contributed by atoms with van der Waals surface area (Å²) in [5.41, 5.74) is 18.4. The summed E-state index contributed by atoms with van der Waals surface area (Å²) in [6.45, 7) is 0.750. The van der Waals surface area contributed by atoms with Crippen molar-refractivity contribution in [3.05, 3.63) is 215 Å². The molecule has 2 amide bonds. The zero-order chi connectivity index (χ0) is 55.7. The van der Waals surface area contributed by atoms with E-state index in [-0.39, 0.29) is 74.7 Å². The van der Waals surface area contributed by atoms with Crippen LogP contribution in [0.4, 0.5) is 4.39 Å². The van der Waals surface area contributed by atoms with E-state index in [0.717, 1.165) is 16.7 Å². The van der Waals surface area contributed by atoms with Gasteiger partial charge in [-0.2, -0.15) is 0 Å². The van der Waals surface area contributed by atoms with Crippen LogP contribution in [-0.4, -0.2) is 89.4 Å². The Morgan fingerprint density at radius 3 is 1.17 bits per heavy atom. The van der Waals surface area contributed by atoms with Gasteiger partial charge in [-0.1, -0.05) is 182 Å². The largest absolute Gasteiger partial charge is 0.481 e. The van der Waals surface area contributed by atoms with Gasteiger partial charge >= 0.3 is 11.9 Å². The molecule has 6 aromatic carbocycles. The van der Waals surface area contributed by atoms with Gasteiger partial charge in [0.15, 0.2) is 5.78 Å². The first-order valence-corrected chi connectivity index (χ1v) is 27.3. The van der Waals surface area contributed by atoms with Gasteiger partial charge in [0.1, 0.15) is 5.78 Å². The van der Waals surface area contributed by atoms with Gasteiger partial charge in [0.05, 0.1) is 30.1 Å². The molecule has 0 heterocycles. The maximum Gasteiger partial charge on any atom is 0.303 e. The maximum atomic E-state index is 13.6. The van der Waals surface area contributed by atoms with Crippen LogP contribution in [0.1, 0.15) is 99.0 Å². The molecule has 0 bridgehead atoms. The highest BCUT2D eigenvalue weighted by Gasteiger charge is 2.39. The first-order chi connectivity index (χ1) is 37.3. The van der Waals surface area contributed by atoms with Gasteiger partial charge in [-0.3, -0.25) is 33.2 Å². The van der Waals surface area contributed by atoms with Crippen LogP contribution in [0, 0.1) is 0 Å². The highest BCUT2D eigenvalue weighted by atomic mass is 32.2. The number of Topliss-reactive ketones (excluding diaryl/α,β-unsaturated/α-hetero) is 2. The Morgan fingerprint density at radius 1 is 0.500 bits per heavy atom. The van der Waals surface area contributed by atoms with E-state index in [0.29, 0.717) is 31.6 Å². The molecular weight excluding hydrogens is 1000 g/mol. The molecular formula is C61H71FN4O8S2. The van der Waals surface area contributed by atoms with E-state index in [9.17, 15) is 33.2 Å². The highest BCUT2D eigenvalue weighted by Crippen LogP contribution is 2.50. The number of amides is 2. The van der Waals surface area contributed by atoms with Gasteiger partial charge in [0.2, 0.25) is 11.8 Å². The van der Waals surface area contributed by atoms with E-state index in [2.05, 4.69) is 83.4 Å². The quantitative estimate of drug-likeness (QED) is 0.0183. The fourth-order valence-corrected chi connectivity index (χ4v) is 11.7. The lowest BCUT2D eigenvalue weighted by molar-refractivity contribution is -0.138. The molecule has 0 aliphatic rings. The number of carbonyl (C=O) groups excluding carboxylic acids is 4. The molecule has 15 heteroatoms. The summed E-state index contributed by atoms with van der Waals surface area (Å²) >= 11 is 3.26. The van der Waals surface area contributed by atoms with Crippen molar-refractivity contribution in [3.8, 4) is 0 Å². The van der Waals surface area contributed by atoms with Crippen LogP contribution in [-0.2, 0) is 38.3 Å². The third kappa shape index (κ3) is 19.0. The number of benzene rings is 6. The second kappa shape index (κ2) is 33.9. The Hall–Kier alpha value is -6.91. The van der Waals surface area contributed by atoms with E-state index in [1.807, 2.05) is 109 Å². The van der Waals surface area contributed by atoms with E-state index < -0.39 is 46.6 Å². The third-order valence-corrected chi connectivity index (χ3v) is 15.6. The first-order valence-electron chi connectivity index (χ1n) is 26.0. The molecule has 0 radical (unpaired) electrons. The number of nitrogens with one attached hydrogen (secondary N) is 2. The molecule has 0 fully saturated rings. The van der Waals surface area contributed by atoms with E-state index in [1.165, 1.54) is 16.7 Å². The Kier molecular flexibility index (Phi) is 26.7. The summed E-state index contributed by atoms with van der Waals surface area (Å²) in [6.07, 6.45) is 1.79. The lowest BCUT2D eigenvalue weighted by Gasteiger charge is -2.36. The van der Waals surface area contributed by atoms with Crippen molar-refractivity contribution in [2.75, 3.05) is 31.7 Å². The molecule has 6 aromatic rings. The number of aliphatic carboxylic acids is 2. The Bertz CT molecular complexity index is 2490. The van der Waals surface area contributed by atoms with Crippen LogP contribution in [0.15, 0.2) is 182 Å². The number of carbonyl (C=O) groups is 6. The van der Waals surface area contributed by atoms with Gasteiger partial charge in [-0.15, -0.1) is 23.5 Å². The minimum Gasteiger partial charge on any atom is -0.481 e. The van der Waals surface area contributed by atoms with Crippen LogP contribution in [0.2, 0.25) is 0 Å². The molecule has 6 rings (SSSR count). The number of carboxylic acids is 2. The van der Waals surface area contributed by atoms with Crippen molar-refractivity contribution >= 4 is 58.8 Å². The predicted octanol–water partition coefficient (Wildman–Crippen LogP) is 10.1. The summed E-state index contributed by atoms with van der Waals surface area (Å²) < 4.78 is 14.3. The van der Waals surface area contributed by atoms with Gasteiger partial charge < -0.3 is 32.3 Å². The molecule has 2 atom stereocenters. The van der Waals surface area contributed by atoms with E-state index in [1.54, 1.807) is 23.5 Å². The van der Waals surface area contributed by atoms with Crippen molar-refractivity contribution < 1.29 is 44.7 Å². The molecule has 0 saturated heterocycles. The van der Waals surface area contributed by atoms with Gasteiger partial charge in [0.25, 0.3) is 0 Å². The van der Waals surface area contributed by atoms with Gasteiger partial charge in [0, 0.05) is 56.6 Å². The Balaban J connectivity index is 0.000000343. The monoisotopic (exact) mass is 1070 g/mol. The van der Waals surface area contributed by atoms with E-state index >= 15 is 0 Å². The number of alkyl halides is 1. The van der Waals surface area contributed by atoms with E-state index in [4.69, 9.17) is 23.1 Å². The summed E-state index contributed by atoms with van der Waals surface area (Å²) in [4.78, 5) is 72.6. The Morgan fingerprint density at radius 2 is 0.829 bits per heavy atom. The molecule has 0 aliphatic carbocycles. The van der Waals surface area contributed by atoms with Crippen molar-refractivity contribution in [1.82, 2.24) is 10.6 Å². The molecule has 402 valence electrons. The van der Waals surface area contributed by atoms with Crippen LogP contribution >= 0.6 is 23.5 Å². The summed E-state index contributed by atoms with van der Waals surface area (Å²) in [5, 5.41) is 23.3. The minimum atomic E-state index is -1.00. The molecule has 0 saturated carbocycles. The maximum absolute atomic E-state index is 13.6. The molecule has 12 nitrogen and oxygen atoms in total. The Labute approximate surface area is 456 Å². The molecule has 0 aliphatic heterocycles. The van der Waals surface area contributed by atoms with Crippen molar-refractivity contribution in [2.45, 2.75) is 85.8 Å². The first kappa shape index (κ1) is 60.0. The van der Waals surface area contributed by atoms with Crippen LogP contribution in [0.25, 0.3) is 0 Å². The number of thioether (sulfide) groups is 2. The SMILES string of the molecule is NCCCC(=O)[C@@H](N)CSC(c1ccccc1)(c1ccccc1)c1ccccc1.O=C(O)CCCC(=O)NCCCC(=O)[C@H](CSC(c1ccccc1)(c1ccccc1)c1ccccc1)NC(=O)CCCC(=O)O.[2H]CF. The zero-order valence-corrected chi connectivity index (χ0v) is 44.4. The lowest BCUT2D eigenvalue weighted by Crippen LogP contribution is -2.44. The lowest BCUT2D eigenvalue weighted by atomic mass is 9.84. The fraction of sp³-hybridized carbons (Fsp3) is 0.311. The van der Waals surface area contributed by atoms with Crippen molar-refractivity contribution in [3.63, 3.8) is 0 Å². The average Bonchev–Trinajstić information content (AvgIpc) is 3.46. The summed E-state index contributed by atoms with van der Waals surface area (Å²) in [5.74, 6) is -1.98. The number of rotatable bonds is 30. The molecule has 8 N–H and O–H groups in total. The van der Waals surface area contributed by atoms with Gasteiger partial charge in [-0.25, -0.2) is 0 Å². The second-order valence-electron chi connectivity index (χ2n) is 17.7. The second-order valence-corrected chi connectivity index (χ2v) is 20.1. The molecule has 0 aromatic heterocycles. The summed E-state index contributed by atoms with van der Waals surface area (Å²) in [7, 11) is -1.00. The average molecular weight is 1070 g/mol. The number of carboxylic acid groups (broad SMARTS) is 2. The van der Waals surface area contributed by atoms with Gasteiger partial charge in [-0.05, 0) is 65.6 Å². The number of nitrogens with two attached hydrogens (primary N) is 2. The van der Waals surface area contributed by atoms with Crippen molar-refractivity contribution in [2.24, 2.45) is 11.5 Å². The van der Waals surface area contributed by atoms with Crippen LogP contribution in [0.3, 0.4) is 0 Å². The normalized spacial score (nSPS) is 12.0. The molecule has 0 unspecified atom stereocenters. The summed E-state index contributed by atoms with van der Waals surface area (Å²) in [6, 6.07) is 59.9. The van der Waals surface area contributed by atoms with Crippen molar-refractivity contribution in [1.29, 1.82) is 0 Å². The molecule has 0 spiro atoms. The number of hydrogen-bond donors (Lipinski definition) is 6. The zero-order valence-electron chi connectivity index (χ0n) is 43.8. The standard InChI is InChI=1S/C35H40N2O7S.C25H28N2OS.CH3F/c38-30(19-12-24-36-31(39)20-10-22-33(41)42)29(37-32(40)21-11-23-34(43)44)25-45-35(26-13-4-1-5-14-26,27-15-6-2-7-16-27)28-17-8-3-9-18-28;26-18-10-17-24(28)23(27)19-29-25(20-11-4-1-5-12-20,21-13-6-2-7-14-21)22-15-8-3-9-16-22;1-2/h1-9,13-18,29H,10-12,19-25H2,(H,36,39)(H,37,40)(H,41,42)(H,43,44);1-9,11-16,23H,10,17-19,26-27H2;1H3/t29-;23-;/m00./s1/i;;1D. The minimum absolute atomic E-state index is 0.0195. The highest BCUT2D eigenvalue weighted by molar-refractivity contribution is 8.01. The number of hydrogen-bond acceptors (Lipinski definition) is 10. The number of halogens is 1. The fourth-order valence-electron chi connectivity index (χ4n) is 8.55. The smallest absolute Gasteiger partial charge is 0.303 e. The predicted molar refractivity (Wildman–Crippen MR) is 304 cm³/mol. The van der Waals surface area contributed by atoms with Crippen LogP contribution < -0.4 is 22.1 Å². The topological polar surface area (TPSA) is 219 Å². The molecule has 76 heavy (non-hydrogen) atoms. The third-order valence-electron chi connectivity index (χ3n) is 12.3. The van der Waals surface area contributed by atoms with Crippen LogP contribution in [0.5, 0.6) is 0 Å².